The molecule has 0 aromatic carbocycles. The number of unbranched alkanes of at least 4 members (excludes halogenated alkanes) is 2. The first kappa shape index (κ1) is 20.0. The molecule has 0 atom stereocenters. The summed E-state index contributed by atoms with van der Waals surface area (Å²) in [4.78, 5) is 0. The van der Waals surface area contributed by atoms with Crippen molar-refractivity contribution < 1.29 is 31.0 Å². The molecule has 0 saturated carbocycles. The lowest BCUT2D eigenvalue weighted by molar-refractivity contribution is 0.128. The maximum atomic E-state index is 12.0. The molecule has 0 radical (unpaired) electrons. The topological polar surface area (TPSA) is 88.1 Å². The van der Waals surface area contributed by atoms with Crippen LogP contribution in [0.5, 0.6) is 0 Å². The lowest BCUT2D eigenvalue weighted by Crippen LogP contribution is -2.06. The fourth-order valence-electron chi connectivity index (χ4n) is 1.37. The van der Waals surface area contributed by atoms with E-state index < -0.39 is 17.7 Å². The molecule has 0 saturated heterocycles. The summed E-state index contributed by atoms with van der Waals surface area (Å²) in [7, 11) is -6.48. The molecular weight excluding hydrogens is 307 g/mol. The van der Waals surface area contributed by atoms with Gasteiger partial charge in [0.15, 0.2) is 0 Å². The van der Waals surface area contributed by atoms with Crippen LogP contribution < -0.4 is 0 Å². The predicted octanol–water partition coefficient (Wildman–Crippen LogP) is 2.37. The predicted molar refractivity (Wildman–Crippen MR) is 76.3 cm³/mol. The van der Waals surface area contributed by atoms with Gasteiger partial charge in [-0.2, -0.15) is 8.42 Å². The third-order valence-electron chi connectivity index (χ3n) is 2.13. The molecule has 0 heterocycles. The van der Waals surface area contributed by atoms with Crippen LogP contribution in [0.2, 0.25) is 0 Å². The van der Waals surface area contributed by atoms with Gasteiger partial charge in [-0.15, -0.1) is 0 Å². The molecule has 0 amide bonds. The van der Waals surface area contributed by atoms with Crippen LogP contribution in [-0.4, -0.2) is 47.4 Å². The third-order valence-corrected chi connectivity index (χ3v) is 4.53. The molecule has 0 unspecified atom stereocenters. The largest absolute Gasteiger partial charge is 0.369 e. The molecule has 0 aliphatic rings. The molecule has 0 aliphatic carbocycles. The van der Waals surface area contributed by atoms with E-state index in [1.807, 2.05) is 0 Å². The molecule has 0 spiro atoms. The second kappa shape index (κ2) is 10.7. The summed E-state index contributed by atoms with van der Waals surface area (Å²) in [5.41, 5.74) is 0. The average Bonchev–Trinajstić information content (AvgIpc) is 2.32. The Labute approximate surface area is 121 Å². The number of rotatable bonds is 13. The van der Waals surface area contributed by atoms with Gasteiger partial charge >= 0.3 is 7.60 Å². The summed E-state index contributed by atoms with van der Waals surface area (Å²) in [6.07, 6.45) is 3.09. The van der Waals surface area contributed by atoms with Gasteiger partial charge in [-0.1, -0.05) is 0 Å². The van der Waals surface area contributed by atoms with E-state index in [0.717, 1.165) is 19.1 Å². The zero-order chi connectivity index (χ0) is 15.5. The van der Waals surface area contributed by atoms with Gasteiger partial charge in [0.25, 0.3) is 10.1 Å². The zero-order valence-corrected chi connectivity index (χ0v) is 14.1. The van der Waals surface area contributed by atoms with Gasteiger partial charge in [-0.05, 0) is 33.1 Å². The minimum absolute atomic E-state index is 0.0610. The minimum atomic E-state index is -3.35. The molecule has 0 rings (SSSR count). The standard InChI is InChI=1S/C11H25O7PS/c1-4-16-19(12,17-5-2)11-15-9-7-6-8-10-18-20(3,13)14/h4-11H2,1-3H3. The van der Waals surface area contributed by atoms with Crippen molar-refractivity contribution in [3.8, 4) is 0 Å². The van der Waals surface area contributed by atoms with E-state index in [2.05, 4.69) is 4.18 Å². The summed E-state index contributed by atoms with van der Waals surface area (Å²) < 4.78 is 53.4. The van der Waals surface area contributed by atoms with Gasteiger partial charge in [0.1, 0.15) is 6.35 Å². The van der Waals surface area contributed by atoms with Crippen molar-refractivity contribution >= 4 is 17.7 Å². The van der Waals surface area contributed by atoms with Crippen molar-refractivity contribution in [1.29, 1.82) is 0 Å². The van der Waals surface area contributed by atoms with Crippen LogP contribution >= 0.6 is 7.60 Å². The van der Waals surface area contributed by atoms with Crippen molar-refractivity contribution in [3.05, 3.63) is 0 Å². The Kier molecular flexibility index (Phi) is 10.7. The van der Waals surface area contributed by atoms with Crippen LogP contribution in [-0.2, 0) is 32.7 Å². The van der Waals surface area contributed by atoms with E-state index in [0.29, 0.717) is 26.2 Å². The fourth-order valence-corrected chi connectivity index (χ4v) is 3.16. The highest BCUT2D eigenvalue weighted by Crippen LogP contribution is 2.47. The molecule has 0 aromatic heterocycles. The summed E-state index contributed by atoms with van der Waals surface area (Å²) in [6, 6.07) is 0. The highest BCUT2D eigenvalue weighted by atomic mass is 32.2. The Morgan fingerprint density at radius 3 is 2.00 bits per heavy atom. The molecule has 0 aromatic rings. The Morgan fingerprint density at radius 1 is 0.950 bits per heavy atom. The molecule has 0 aliphatic heterocycles. The van der Waals surface area contributed by atoms with Gasteiger partial charge < -0.3 is 13.8 Å². The van der Waals surface area contributed by atoms with Gasteiger partial charge in [0.05, 0.1) is 26.1 Å². The van der Waals surface area contributed by atoms with Crippen molar-refractivity contribution in [1.82, 2.24) is 0 Å². The normalized spacial score (nSPS) is 12.8. The second-order valence-corrected chi connectivity index (χ2v) is 7.71. The lowest BCUT2D eigenvalue weighted by atomic mass is 10.2. The smallest absolute Gasteiger partial charge is 0.356 e. The van der Waals surface area contributed by atoms with Crippen LogP contribution in [0.25, 0.3) is 0 Å². The van der Waals surface area contributed by atoms with Crippen molar-refractivity contribution in [3.63, 3.8) is 0 Å². The Balaban J connectivity index is 3.62. The summed E-state index contributed by atoms with van der Waals surface area (Å²) in [5, 5.41) is 0. The lowest BCUT2D eigenvalue weighted by Gasteiger charge is -2.16. The average molecular weight is 332 g/mol. The summed E-state index contributed by atoms with van der Waals surface area (Å²) in [6.45, 7) is 4.70. The highest BCUT2D eigenvalue weighted by molar-refractivity contribution is 7.85. The first-order valence-electron chi connectivity index (χ1n) is 6.63. The summed E-state index contributed by atoms with van der Waals surface area (Å²) >= 11 is 0. The summed E-state index contributed by atoms with van der Waals surface area (Å²) in [5.74, 6) is 0. The SMILES string of the molecule is CCOP(=O)(COCCCCCOS(C)(=O)=O)OCC. The Morgan fingerprint density at radius 2 is 1.50 bits per heavy atom. The van der Waals surface area contributed by atoms with Crippen LogP contribution in [0.1, 0.15) is 33.1 Å². The second-order valence-electron chi connectivity index (χ2n) is 4.07. The first-order valence-corrected chi connectivity index (χ1v) is 10.2. The van der Waals surface area contributed by atoms with Gasteiger partial charge in [-0.25, -0.2) is 0 Å². The van der Waals surface area contributed by atoms with Crippen LogP contribution in [0.3, 0.4) is 0 Å². The molecule has 0 N–H and O–H groups in total. The van der Waals surface area contributed by atoms with E-state index >= 15 is 0 Å². The maximum absolute atomic E-state index is 12.0. The fraction of sp³-hybridized carbons (Fsp3) is 1.00. The molecule has 0 fully saturated rings. The van der Waals surface area contributed by atoms with E-state index in [-0.39, 0.29) is 13.0 Å². The van der Waals surface area contributed by atoms with Gasteiger partial charge in [0, 0.05) is 6.61 Å². The number of ether oxygens (including phenoxy) is 1. The quantitative estimate of drug-likeness (QED) is 0.291. The minimum Gasteiger partial charge on any atom is -0.369 e. The van der Waals surface area contributed by atoms with E-state index in [4.69, 9.17) is 13.8 Å². The van der Waals surface area contributed by atoms with E-state index in [1.165, 1.54) is 0 Å². The van der Waals surface area contributed by atoms with Crippen LogP contribution in [0, 0.1) is 0 Å². The highest BCUT2D eigenvalue weighted by Gasteiger charge is 2.23. The monoisotopic (exact) mass is 332 g/mol. The molecule has 122 valence electrons. The van der Waals surface area contributed by atoms with Crippen molar-refractivity contribution in [2.45, 2.75) is 33.1 Å². The molecule has 20 heavy (non-hydrogen) atoms. The number of hydrogen-bond donors (Lipinski definition) is 0. The number of hydrogen-bond acceptors (Lipinski definition) is 7. The van der Waals surface area contributed by atoms with Crippen LogP contribution in [0.15, 0.2) is 0 Å². The molecule has 9 heteroatoms. The van der Waals surface area contributed by atoms with Crippen molar-refractivity contribution in [2.24, 2.45) is 0 Å². The Hall–Kier alpha value is 0.0200. The van der Waals surface area contributed by atoms with Gasteiger partial charge in [-0.3, -0.25) is 8.75 Å². The van der Waals surface area contributed by atoms with E-state index in [1.54, 1.807) is 13.8 Å². The molecule has 7 nitrogen and oxygen atoms in total. The first-order chi connectivity index (χ1) is 9.33. The van der Waals surface area contributed by atoms with Crippen LogP contribution in [0.4, 0.5) is 0 Å². The van der Waals surface area contributed by atoms with E-state index in [9.17, 15) is 13.0 Å². The maximum Gasteiger partial charge on any atom is 0.356 e. The van der Waals surface area contributed by atoms with Gasteiger partial charge in [0.2, 0.25) is 0 Å². The molecule has 0 bridgehead atoms. The van der Waals surface area contributed by atoms with Crippen molar-refractivity contribution in [2.75, 3.05) is 39.0 Å². The Bertz CT molecular complexity index is 372. The molecular formula is C11H25O7PS. The third kappa shape index (κ3) is 11.8. The zero-order valence-electron chi connectivity index (χ0n) is 12.4.